The fourth-order valence-electron chi connectivity index (χ4n) is 3.59. The van der Waals surface area contributed by atoms with Gasteiger partial charge in [0, 0.05) is 37.8 Å². The highest BCUT2D eigenvalue weighted by atomic mass is 35.5. The average molecular weight is 398 g/mol. The average Bonchev–Trinajstić information content (AvgIpc) is 3.16. The SMILES string of the molecule is Cn1c(CNC[C@@H]2CCc3nc(C(F)(F)F)cn3C2)nc2cc(Cl)ccc21. The summed E-state index contributed by atoms with van der Waals surface area (Å²) in [6, 6.07) is 5.61. The predicted octanol–water partition coefficient (Wildman–Crippen LogP) is 3.79. The number of hydrogen-bond donors (Lipinski definition) is 1. The van der Waals surface area contributed by atoms with Gasteiger partial charge in [-0.1, -0.05) is 11.6 Å². The summed E-state index contributed by atoms with van der Waals surface area (Å²) in [5.41, 5.74) is 1.06. The Balaban J connectivity index is 1.38. The topological polar surface area (TPSA) is 47.7 Å². The highest BCUT2D eigenvalue weighted by molar-refractivity contribution is 6.31. The maximum Gasteiger partial charge on any atom is 0.434 e. The summed E-state index contributed by atoms with van der Waals surface area (Å²) >= 11 is 6.01. The van der Waals surface area contributed by atoms with Crippen molar-refractivity contribution in [3.05, 3.63) is 46.8 Å². The predicted molar refractivity (Wildman–Crippen MR) is 96.5 cm³/mol. The van der Waals surface area contributed by atoms with Crippen molar-refractivity contribution in [2.75, 3.05) is 6.54 Å². The first-order valence-corrected chi connectivity index (χ1v) is 9.14. The van der Waals surface area contributed by atoms with Crippen LogP contribution in [0.2, 0.25) is 5.02 Å². The Morgan fingerprint density at radius 3 is 2.89 bits per heavy atom. The Hall–Kier alpha value is -2.06. The van der Waals surface area contributed by atoms with Gasteiger partial charge in [-0.3, -0.25) is 0 Å². The van der Waals surface area contributed by atoms with E-state index in [2.05, 4.69) is 15.3 Å². The second-order valence-corrected chi connectivity index (χ2v) is 7.38. The van der Waals surface area contributed by atoms with Crippen LogP contribution < -0.4 is 5.32 Å². The molecule has 9 heteroatoms. The quantitative estimate of drug-likeness (QED) is 0.728. The molecule has 0 amide bonds. The summed E-state index contributed by atoms with van der Waals surface area (Å²) in [6.07, 6.45) is -1.88. The van der Waals surface area contributed by atoms with E-state index < -0.39 is 11.9 Å². The van der Waals surface area contributed by atoms with Crippen LogP contribution in [0.25, 0.3) is 11.0 Å². The molecule has 0 saturated heterocycles. The lowest BCUT2D eigenvalue weighted by Crippen LogP contribution is -2.30. The molecule has 1 aromatic carbocycles. The van der Waals surface area contributed by atoms with Gasteiger partial charge in [-0.2, -0.15) is 13.2 Å². The van der Waals surface area contributed by atoms with Gasteiger partial charge in [0.1, 0.15) is 11.6 Å². The van der Waals surface area contributed by atoms with Crippen LogP contribution >= 0.6 is 11.6 Å². The van der Waals surface area contributed by atoms with Crippen LogP contribution in [0.5, 0.6) is 0 Å². The van der Waals surface area contributed by atoms with Crippen molar-refractivity contribution in [2.45, 2.75) is 32.1 Å². The lowest BCUT2D eigenvalue weighted by atomic mass is 9.99. The van der Waals surface area contributed by atoms with E-state index >= 15 is 0 Å². The standard InChI is InChI=1S/C18H19ClF3N5/c1-26-14-4-3-12(19)6-13(14)24-17(26)8-23-7-11-2-5-16-25-15(18(20,21)22)10-27(16)9-11/h3-4,6,10-11,23H,2,5,7-9H2,1H3/t11-/m0/s1. The molecule has 0 spiro atoms. The number of halogens is 4. The number of aromatic nitrogens is 4. The van der Waals surface area contributed by atoms with Crippen molar-refractivity contribution in [3.63, 3.8) is 0 Å². The minimum absolute atomic E-state index is 0.261. The Kier molecular flexibility index (Phi) is 4.63. The van der Waals surface area contributed by atoms with Crippen LogP contribution in [-0.4, -0.2) is 25.6 Å². The molecule has 0 fully saturated rings. The van der Waals surface area contributed by atoms with Crippen LogP contribution in [0.15, 0.2) is 24.4 Å². The van der Waals surface area contributed by atoms with Crippen molar-refractivity contribution >= 4 is 22.6 Å². The van der Waals surface area contributed by atoms with E-state index in [0.29, 0.717) is 36.9 Å². The van der Waals surface area contributed by atoms with Gasteiger partial charge in [-0.25, -0.2) is 9.97 Å². The molecular weight excluding hydrogens is 379 g/mol. The Bertz CT molecular complexity index is 975. The third-order valence-corrected chi connectivity index (χ3v) is 5.27. The molecule has 3 heterocycles. The Morgan fingerprint density at radius 2 is 2.11 bits per heavy atom. The smallest absolute Gasteiger partial charge is 0.334 e. The number of nitrogens with zero attached hydrogens (tertiary/aromatic N) is 4. The van der Waals surface area contributed by atoms with E-state index in [0.717, 1.165) is 29.5 Å². The maximum atomic E-state index is 12.8. The molecule has 27 heavy (non-hydrogen) atoms. The first-order valence-electron chi connectivity index (χ1n) is 8.76. The van der Waals surface area contributed by atoms with Gasteiger partial charge in [0.25, 0.3) is 0 Å². The summed E-state index contributed by atoms with van der Waals surface area (Å²) in [7, 11) is 1.96. The second-order valence-electron chi connectivity index (χ2n) is 6.95. The molecule has 4 rings (SSSR count). The molecule has 0 bridgehead atoms. The van der Waals surface area contributed by atoms with Gasteiger partial charge in [-0.15, -0.1) is 0 Å². The van der Waals surface area contributed by atoms with E-state index in [1.165, 1.54) is 0 Å². The molecule has 0 aliphatic carbocycles. The highest BCUT2D eigenvalue weighted by Crippen LogP contribution is 2.30. The maximum absolute atomic E-state index is 12.8. The summed E-state index contributed by atoms with van der Waals surface area (Å²) < 4.78 is 42.1. The number of rotatable bonds is 4. The Labute approximate surface area is 159 Å². The van der Waals surface area contributed by atoms with Crippen molar-refractivity contribution in [2.24, 2.45) is 13.0 Å². The van der Waals surface area contributed by atoms with Crippen LogP contribution in [0.4, 0.5) is 13.2 Å². The monoisotopic (exact) mass is 397 g/mol. The van der Waals surface area contributed by atoms with Gasteiger partial charge >= 0.3 is 6.18 Å². The van der Waals surface area contributed by atoms with Gasteiger partial charge < -0.3 is 14.5 Å². The van der Waals surface area contributed by atoms with Crippen molar-refractivity contribution in [1.29, 1.82) is 0 Å². The molecule has 2 aromatic heterocycles. The molecule has 0 saturated carbocycles. The number of imidazole rings is 2. The number of aryl methyl sites for hydroxylation is 2. The van der Waals surface area contributed by atoms with E-state index in [4.69, 9.17) is 11.6 Å². The van der Waals surface area contributed by atoms with Crippen LogP contribution in [0.3, 0.4) is 0 Å². The van der Waals surface area contributed by atoms with Gasteiger partial charge in [0.15, 0.2) is 5.69 Å². The fourth-order valence-corrected chi connectivity index (χ4v) is 3.75. The molecular formula is C18H19ClF3N5. The first-order chi connectivity index (χ1) is 12.8. The van der Waals surface area contributed by atoms with E-state index in [9.17, 15) is 13.2 Å². The summed E-state index contributed by atoms with van der Waals surface area (Å²) in [5, 5.41) is 4.03. The molecule has 1 aliphatic heterocycles. The second kappa shape index (κ2) is 6.83. The third-order valence-electron chi connectivity index (χ3n) is 5.03. The zero-order valence-electron chi connectivity index (χ0n) is 14.7. The zero-order valence-corrected chi connectivity index (χ0v) is 15.5. The van der Waals surface area contributed by atoms with Gasteiger partial charge in [0.05, 0.1) is 17.6 Å². The van der Waals surface area contributed by atoms with Crippen LogP contribution in [0, 0.1) is 5.92 Å². The first kappa shape index (κ1) is 18.3. The molecule has 5 nitrogen and oxygen atoms in total. The van der Waals surface area contributed by atoms with Crippen molar-refractivity contribution < 1.29 is 13.2 Å². The molecule has 0 unspecified atom stereocenters. The lowest BCUT2D eigenvalue weighted by molar-refractivity contribution is -0.141. The minimum Gasteiger partial charge on any atom is -0.334 e. The van der Waals surface area contributed by atoms with Gasteiger partial charge in [0.2, 0.25) is 0 Å². The number of hydrogen-bond acceptors (Lipinski definition) is 3. The molecule has 3 aromatic rings. The number of nitrogens with one attached hydrogen (secondary N) is 1. The molecule has 144 valence electrons. The van der Waals surface area contributed by atoms with E-state index in [-0.39, 0.29) is 5.92 Å². The van der Waals surface area contributed by atoms with Crippen molar-refractivity contribution in [3.8, 4) is 0 Å². The van der Waals surface area contributed by atoms with Gasteiger partial charge in [-0.05, 0) is 30.5 Å². The van der Waals surface area contributed by atoms with Crippen LogP contribution in [0.1, 0.15) is 23.8 Å². The van der Waals surface area contributed by atoms with E-state index in [1.807, 2.05) is 29.8 Å². The molecule has 1 aliphatic rings. The summed E-state index contributed by atoms with van der Waals surface area (Å²) in [4.78, 5) is 8.32. The summed E-state index contributed by atoms with van der Waals surface area (Å²) in [5.74, 6) is 1.67. The Morgan fingerprint density at radius 1 is 1.30 bits per heavy atom. The molecule has 1 atom stereocenters. The number of fused-ring (bicyclic) bond motifs is 2. The number of alkyl halides is 3. The number of benzene rings is 1. The molecule has 0 radical (unpaired) electrons. The highest BCUT2D eigenvalue weighted by Gasteiger charge is 2.35. The molecule has 1 N–H and O–H groups in total. The normalized spacial score (nSPS) is 17.4. The zero-order chi connectivity index (χ0) is 19.2. The van der Waals surface area contributed by atoms with Crippen LogP contribution in [-0.2, 0) is 32.7 Å². The summed E-state index contributed by atoms with van der Waals surface area (Å²) in [6.45, 7) is 1.84. The fraction of sp³-hybridized carbons (Fsp3) is 0.444. The van der Waals surface area contributed by atoms with E-state index in [1.54, 1.807) is 4.57 Å². The van der Waals surface area contributed by atoms with Crippen molar-refractivity contribution in [1.82, 2.24) is 24.4 Å². The largest absolute Gasteiger partial charge is 0.434 e. The lowest BCUT2D eigenvalue weighted by Gasteiger charge is -2.23. The third kappa shape index (κ3) is 3.68. The minimum atomic E-state index is -4.39.